The highest BCUT2D eigenvalue weighted by atomic mass is 127. The minimum atomic E-state index is -0.379. The molecule has 33 heavy (non-hydrogen) atoms. The number of piperazine rings is 1. The molecule has 170 valence electrons. The normalized spacial score (nSPS) is 15.2. The van der Waals surface area contributed by atoms with Crippen molar-refractivity contribution in [2.45, 2.75) is 19.4 Å². The molecule has 5 nitrogen and oxygen atoms in total. The van der Waals surface area contributed by atoms with Crippen molar-refractivity contribution in [2.24, 2.45) is 0 Å². The molecule has 1 saturated heterocycles. The van der Waals surface area contributed by atoms with Crippen LogP contribution in [0.15, 0.2) is 60.7 Å². The van der Waals surface area contributed by atoms with Crippen LogP contribution in [0.25, 0.3) is 11.1 Å². The van der Waals surface area contributed by atoms with Crippen molar-refractivity contribution < 1.29 is 9.53 Å². The van der Waals surface area contributed by atoms with Gasteiger partial charge in [0.05, 0.1) is 0 Å². The third kappa shape index (κ3) is 4.59. The molecule has 2 N–H and O–H groups in total. The molecule has 0 unspecified atom stereocenters. The van der Waals surface area contributed by atoms with Crippen LogP contribution in [-0.2, 0) is 11.3 Å². The maximum absolute atomic E-state index is 12.6. The van der Waals surface area contributed by atoms with Gasteiger partial charge in [-0.15, -0.1) is 0 Å². The summed E-state index contributed by atoms with van der Waals surface area (Å²) in [5, 5.41) is 6.36. The lowest BCUT2D eigenvalue weighted by Gasteiger charge is -2.31. The fourth-order valence-corrected chi connectivity index (χ4v) is 5.56. The Morgan fingerprint density at radius 3 is 2.36 bits per heavy atom. The van der Waals surface area contributed by atoms with Gasteiger partial charge in [0.15, 0.2) is 0 Å². The zero-order chi connectivity index (χ0) is 22.8. The standard InChI is InChI=1S/C27H28IN3O2/c1-18-25(28)14-19(15-26(18)31-12-10-29-11-13-31)16-30-27(32)33-17-24-22-8-4-2-6-20(22)21-7-3-5-9-23(21)24/h2-9,14-15,24,29H,10-13,16-17H2,1H3,(H,30,32). The molecule has 1 amide bonds. The first-order valence-electron chi connectivity index (χ1n) is 11.5. The van der Waals surface area contributed by atoms with E-state index in [9.17, 15) is 4.79 Å². The molecular formula is C27H28IN3O2. The van der Waals surface area contributed by atoms with E-state index < -0.39 is 0 Å². The first-order chi connectivity index (χ1) is 16.1. The average Bonchev–Trinajstić information content (AvgIpc) is 3.17. The smallest absolute Gasteiger partial charge is 0.407 e. The van der Waals surface area contributed by atoms with Gasteiger partial charge in [0.1, 0.15) is 6.61 Å². The zero-order valence-electron chi connectivity index (χ0n) is 18.7. The van der Waals surface area contributed by atoms with Gasteiger partial charge < -0.3 is 20.3 Å². The van der Waals surface area contributed by atoms with E-state index in [0.717, 1.165) is 31.7 Å². The molecule has 0 radical (unpaired) electrons. The molecule has 3 aromatic rings. The Morgan fingerprint density at radius 2 is 1.70 bits per heavy atom. The lowest BCUT2D eigenvalue weighted by atomic mass is 9.98. The van der Waals surface area contributed by atoms with Gasteiger partial charge in [-0.25, -0.2) is 4.79 Å². The number of benzene rings is 3. The lowest BCUT2D eigenvalue weighted by Crippen LogP contribution is -2.43. The Kier molecular flexibility index (Phi) is 6.55. The molecule has 1 heterocycles. The fourth-order valence-electron chi connectivity index (χ4n) is 4.88. The number of alkyl carbamates (subject to hydrolysis) is 1. The molecule has 0 aromatic heterocycles. The van der Waals surface area contributed by atoms with E-state index in [-0.39, 0.29) is 12.0 Å². The first kappa shape index (κ1) is 22.2. The van der Waals surface area contributed by atoms with Crippen LogP contribution in [0, 0.1) is 10.5 Å². The molecule has 3 aromatic carbocycles. The lowest BCUT2D eigenvalue weighted by molar-refractivity contribution is 0.142. The number of hydrogen-bond acceptors (Lipinski definition) is 4. The maximum atomic E-state index is 12.6. The van der Waals surface area contributed by atoms with Crippen LogP contribution in [0.5, 0.6) is 0 Å². The summed E-state index contributed by atoms with van der Waals surface area (Å²) in [6.07, 6.45) is -0.379. The number of nitrogens with zero attached hydrogens (tertiary/aromatic N) is 1. The SMILES string of the molecule is Cc1c(I)cc(CNC(=O)OCC2c3ccccc3-c3ccccc32)cc1N1CCNCC1. The van der Waals surface area contributed by atoms with Gasteiger partial charge in [0.2, 0.25) is 0 Å². The Bertz CT molecular complexity index is 1130. The van der Waals surface area contributed by atoms with Crippen molar-refractivity contribution in [2.75, 3.05) is 37.7 Å². The Hall–Kier alpha value is -2.58. The molecule has 0 bridgehead atoms. The van der Waals surface area contributed by atoms with Gasteiger partial charge in [0.25, 0.3) is 0 Å². The molecule has 0 saturated carbocycles. The second kappa shape index (κ2) is 9.73. The van der Waals surface area contributed by atoms with Crippen molar-refractivity contribution in [1.29, 1.82) is 0 Å². The van der Waals surface area contributed by atoms with Crippen molar-refractivity contribution in [3.63, 3.8) is 0 Å². The van der Waals surface area contributed by atoms with Crippen LogP contribution < -0.4 is 15.5 Å². The van der Waals surface area contributed by atoms with E-state index >= 15 is 0 Å². The second-order valence-electron chi connectivity index (χ2n) is 8.64. The number of carbonyl (C=O) groups is 1. The quantitative estimate of drug-likeness (QED) is 0.435. The minimum Gasteiger partial charge on any atom is -0.449 e. The van der Waals surface area contributed by atoms with Gasteiger partial charge in [-0.1, -0.05) is 48.5 Å². The van der Waals surface area contributed by atoms with Crippen molar-refractivity contribution in [1.82, 2.24) is 10.6 Å². The van der Waals surface area contributed by atoms with Gasteiger partial charge >= 0.3 is 6.09 Å². The molecule has 0 atom stereocenters. The number of rotatable bonds is 5. The molecular weight excluding hydrogens is 525 g/mol. The summed E-state index contributed by atoms with van der Waals surface area (Å²) in [4.78, 5) is 15.0. The predicted molar refractivity (Wildman–Crippen MR) is 141 cm³/mol. The van der Waals surface area contributed by atoms with Crippen LogP contribution >= 0.6 is 22.6 Å². The summed E-state index contributed by atoms with van der Waals surface area (Å²) in [6.45, 7) is 6.95. The fraction of sp³-hybridized carbons (Fsp3) is 0.296. The summed E-state index contributed by atoms with van der Waals surface area (Å²) >= 11 is 2.39. The van der Waals surface area contributed by atoms with Crippen molar-refractivity contribution >= 4 is 34.4 Å². The number of hydrogen-bond donors (Lipinski definition) is 2. The van der Waals surface area contributed by atoms with E-state index in [0.29, 0.717) is 13.2 Å². The minimum absolute atomic E-state index is 0.0720. The Morgan fingerprint density at radius 1 is 1.06 bits per heavy atom. The summed E-state index contributed by atoms with van der Waals surface area (Å²) in [6, 6.07) is 21.1. The average molecular weight is 553 g/mol. The number of amides is 1. The largest absolute Gasteiger partial charge is 0.449 e. The van der Waals surface area contributed by atoms with Gasteiger partial charge in [-0.3, -0.25) is 0 Å². The molecule has 6 heteroatoms. The highest BCUT2D eigenvalue weighted by Crippen LogP contribution is 2.44. The molecule has 2 aliphatic rings. The predicted octanol–water partition coefficient (Wildman–Crippen LogP) is 5.05. The van der Waals surface area contributed by atoms with Crippen LogP contribution in [0.4, 0.5) is 10.5 Å². The van der Waals surface area contributed by atoms with Crippen LogP contribution in [-0.4, -0.2) is 38.9 Å². The Balaban J connectivity index is 1.23. The summed E-state index contributed by atoms with van der Waals surface area (Å²) < 4.78 is 6.91. The van der Waals surface area contributed by atoms with Crippen molar-refractivity contribution in [3.05, 3.63) is 86.5 Å². The highest BCUT2D eigenvalue weighted by Gasteiger charge is 2.29. The molecule has 0 spiro atoms. The van der Waals surface area contributed by atoms with Crippen LogP contribution in [0.1, 0.15) is 28.2 Å². The summed E-state index contributed by atoms with van der Waals surface area (Å²) in [5.74, 6) is 0.0720. The van der Waals surface area contributed by atoms with Crippen molar-refractivity contribution in [3.8, 4) is 11.1 Å². The first-order valence-corrected chi connectivity index (χ1v) is 12.5. The van der Waals surface area contributed by atoms with E-state index in [1.165, 1.54) is 37.1 Å². The summed E-state index contributed by atoms with van der Waals surface area (Å²) in [5.41, 5.74) is 8.55. The molecule has 5 rings (SSSR count). The molecule has 1 aliphatic carbocycles. The van der Waals surface area contributed by atoms with Gasteiger partial charge in [-0.05, 0) is 75.0 Å². The molecule has 1 fully saturated rings. The highest BCUT2D eigenvalue weighted by molar-refractivity contribution is 14.1. The number of halogens is 1. The zero-order valence-corrected chi connectivity index (χ0v) is 20.9. The topological polar surface area (TPSA) is 53.6 Å². The second-order valence-corrected chi connectivity index (χ2v) is 9.80. The van der Waals surface area contributed by atoms with E-state index in [2.05, 4.69) is 93.6 Å². The third-order valence-corrected chi connectivity index (χ3v) is 7.74. The van der Waals surface area contributed by atoms with Crippen LogP contribution in [0.2, 0.25) is 0 Å². The van der Waals surface area contributed by atoms with E-state index in [4.69, 9.17) is 4.74 Å². The number of nitrogens with one attached hydrogen (secondary N) is 2. The van der Waals surface area contributed by atoms with E-state index in [1.54, 1.807) is 0 Å². The maximum Gasteiger partial charge on any atom is 0.407 e. The van der Waals surface area contributed by atoms with Crippen LogP contribution in [0.3, 0.4) is 0 Å². The summed E-state index contributed by atoms with van der Waals surface area (Å²) in [7, 11) is 0. The third-order valence-electron chi connectivity index (χ3n) is 6.61. The number of fused-ring (bicyclic) bond motifs is 3. The number of anilines is 1. The Labute approximate surface area is 208 Å². The van der Waals surface area contributed by atoms with E-state index in [1.807, 2.05) is 12.1 Å². The number of ether oxygens (including phenoxy) is 1. The van der Waals surface area contributed by atoms with Gasteiger partial charge in [0, 0.05) is 47.9 Å². The van der Waals surface area contributed by atoms with Gasteiger partial charge in [-0.2, -0.15) is 0 Å². The molecule has 1 aliphatic heterocycles. The number of carbonyl (C=O) groups excluding carboxylic acids is 1. The monoisotopic (exact) mass is 553 g/mol.